The highest BCUT2D eigenvalue weighted by atomic mass is 32.2. The molecule has 2 aromatic rings. The van der Waals surface area contributed by atoms with Crippen LogP contribution in [0.15, 0.2) is 44.4 Å². The summed E-state index contributed by atoms with van der Waals surface area (Å²) in [7, 11) is -4.43. The van der Waals surface area contributed by atoms with Crippen molar-refractivity contribution in [3.63, 3.8) is 0 Å². The molecule has 1 amide bonds. The van der Waals surface area contributed by atoms with Gasteiger partial charge in [0.2, 0.25) is 15.9 Å². The zero-order valence-electron chi connectivity index (χ0n) is 16.1. The maximum Gasteiger partial charge on any atom is 0.339 e. The summed E-state index contributed by atoms with van der Waals surface area (Å²) in [5, 5.41) is 0. The Morgan fingerprint density at radius 3 is 2.67 bits per heavy atom. The predicted octanol–water partition coefficient (Wildman–Crippen LogP) is 1.57. The lowest BCUT2D eigenvalue weighted by atomic mass is 10.3. The van der Waals surface area contributed by atoms with Crippen molar-refractivity contribution in [3.8, 4) is 5.75 Å². The third kappa shape index (κ3) is 5.22. The molecule has 0 bridgehead atoms. The molecule has 1 fully saturated rings. The number of benzene rings is 1. The molecule has 1 aromatic heterocycles. The van der Waals surface area contributed by atoms with Crippen molar-refractivity contribution < 1.29 is 31.1 Å². The van der Waals surface area contributed by atoms with Gasteiger partial charge in [-0.15, -0.1) is 0 Å². The number of carbonyl (C=O) groups excluding carboxylic acids is 1. The fraction of sp³-hybridized carbons (Fsp3) is 0.368. The van der Waals surface area contributed by atoms with E-state index in [1.807, 2.05) is 4.72 Å². The number of likely N-dealkylation sites (tertiary alicyclic amines) is 1. The largest absolute Gasteiger partial charge is 0.488 e. The molecule has 1 aliphatic rings. The topological polar surface area (TPSA) is 106 Å². The minimum absolute atomic E-state index is 0.184. The highest BCUT2D eigenvalue weighted by Gasteiger charge is 2.28. The molecule has 0 spiro atoms. The molecule has 1 atom stereocenters. The summed E-state index contributed by atoms with van der Waals surface area (Å²) in [6.45, 7) is 1.98. The Hall–Kier alpha value is -2.79. The maximum absolute atomic E-state index is 13.7. The first-order chi connectivity index (χ1) is 14.2. The van der Waals surface area contributed by atoms with E-state index in [1.54, 1.807) is 13.0 Å². The van der Waals surface area contributed by atoms with Crippen molar-refractivity contribution in [2.75, 3.05) is 19.6 Å². The van der Waals surface area contributed by atoms with Crippen LogP contribution < -0.4 is 15.1 Å². The van der Waals surface area contributed by atoms with Gasteiger partial charge in [0, 0.05) is 32.0 Å². The molecule has 1 unspecified atom stereocenters. The first-order valence-corrected chi connectivity index (χ1v) is 10.6. The third-order valence-corrected chi connectivity index (χ3v) is 6.00. The number of sulfonamides is 1. The van der Waals surface area contributed by atoms with E-state index in [-0.39, 0.29) is 31.5 Å². The second-order valence-corrected chi connectivity index (χ2v) is 8.49. The quantitative estimate of drug-likeness (QED) is 0.698. The fourth-order valence-electron chi connectivity index (χ4n) is 3.15. The van der Waals surface area contributed by atoms with E-state index in [4.69, 9.17) is 9.15 Å². The Kier molecular flexibility index (Phi) is 6.52. The van der Waals surface area contributed by atoms with E-state index in [9.17, 15) is 26.8 Å². The van der Waals surface area contributed by atoms with E-state index >= 15 is 0 Å². The lowest BCUT2D eigenvalue weighted by Crippen LogP contribution is -2.34. The molecule has 1 N–H and O–H groups in total. The molecular weight excluding hydrogens is 422 g/mol. The maximum atomic E-state index is 13.7. The molecule has 1 aromatic carbocycles. The Morgan fingerprint density at radius 1 is 1.30 bits per heavy atom. The van der Waals surface area contributed by atoms with Crippen LogP contribution in [0.3, 0.4) is 0 Å². The van der Waals surface area contributed by atoms with Crippen molar-refractivity contribution >= 4 is 15.9 Å². The van der Waals surface area contributed by atoms with Gasteiger partial charge in [-0.2, -0.15) is 0 Å². The lowest BCUT2D eigenvalue weighted by molar-refractivity contribution is -0.130. The molecule has 0 aliphatic carbocycles. The molecule has 0 radical (unpaired) electrons. The zero-order chi connectivity index (χ0) is 21.9. The number of aryl methyl sites for hydroxylation is 1. The Morgan fingerprint density at radius 2 is 2.00 bits per heavy atom. The number of ether oxygens (including phenoxy) is 1. The van der Waals surface area contributed by atoms with Gasteiger partial charge in [-0.1, -0.05) is 6.07 Å². The molecule has 11 heteroatoms. The van der Waals surface area contributed by atoms with Crippen LogP contribution in [0, 0.1) is 18.6 Å². The van der Waals surface area contributed by atoms with Crippen LogP contribution >= 0.6 is 0 Å². The molecule has 30 heavy (non-hydrogen) atoms. The highest BCUT2D eigenvalue weighted by Crippen LogP contribution is 2.20. The van der Waals surface area contributed by atoms with Crippen molar-refractivity contribution in [2.24, 2.45) is 0 Å². The third-order valence-electron chi connectivity index (χ3n) is 4.49. The van der Waals surface area contributed by atoms with Gasteiger partial charge in [0.05, 0.1) is 12.6 Å². The molecule has 1 aliphatic heterocycles. The summed E-state index contributed by atoms with van der Waals surface area (Å²) >= 11 is 0. The molecule has 0 saturated carbocycles. The van der Waals surface area contributed by atoms with Crippen LogP contribution in [0.1, 0.15) is 18.6 Å². The molecular formula is C19H20F2N2O6S. The van der Waals surface area contributed by atoms with Crippen molar-refractivity contribution in [3.05, 3.63) is 58.1 Å². The number of nitrogens with one attached hydrogen (secondary N) is 1. The molecule has 162 valence electrons. The number of hydrogen-bond acceptors (Lipinski definition) is 6. The summed E-state index contributed by atoms with van der Waals surface area (Å²) in [4.78, 5) is 24.1. The first kappa shape index (κ1) is 21.9. The highest BCUT2D eigenvalue weighted by molar-refractivity contribution is 7.89. The van der Waals surface area contributed by atoms with Gasteiger partial charge in [-0.25, -0.2) is 26.7 Å². The average Bonchev–Trinajstić information content (AvgIpc) is 3.08. The van der Waals surface area contributed by atoms with Gasteiger partial charge in [0.15, 0.2) is 4.90 Å². The van der Waals surface area contributed by atoms with Crippen molar-refractivity contribution in [2.45, 2.75) is 30.8 Å². The predicted molar refractivity (Wildman–Crippen MR) is 101 cm³/mol. The second-order valence-electron chi connectivity index (χ2n) is 6.79. The van der Waals surface area contributed by atoms with Gasteiger partial charge in [0.1, 0.15) is 29.2 Å². The standard InChI is InChI=1S/C19H20F2N2O6S/c1-12-9-14(10-18(25)28-12)29-13-6-8-23(11-13)17(24)5-7-22-30(26,27)19-15(20)3-2-4-16(19)21/h2-4,9-10,13,22H,5-8,11H2,1H3. The zero-order valence-corrected chi connectivity index (χ0v) is 16.9. The number of halogens is 2. The Labute approximate surface area is 171 Å². The van der Waals surface area contributed by atoms with Gasteiger partial charge in [-0.3, -0.25) is 4.79 Å². The lowest BCUT2D eigenvalue weighted by Gasteiger charge is -2.17. The van der Waals surface area contributed by atoms with Crippen LogP contribution in [-0.2, 0) is 14.8 Å². The van der Waals surface area contributed by atoms with Gasteiger partial charge in [-0.05, 0) is 19.1 Å². The molecule has 1 saturated heterocycles. The van der Waals surface area contributed by atoms with Crippen LogP contribution in [-0.4, -0.2) is 45.0 Å². The van der Waals surface area contributed by atoms with Crippen LogP contribution in [0.2, 0.25) is 0 Å². The van der Waals surface area contributed by atoms with E-state index in [0.717, 1.165) is 18.2 Å². The molecule has 2 heterocycles. The Balaban J connectivity index is 1.51. The van der Waals surface area contributed by atoms with E-state index in [2.05, 4.69) is 0 Å². The van der Waals surface area contributed by atoms with Crippen molar-refractivity contribution in [1.29, 1.82) is 0 Å². The number of carbonyl (C=O) groups is 1. The molecule has 8 nitrogen and oxygen atoms in total. The average molecular weight is 442 g/mol. The van der Waals surface area contributed by atoms with Crippen LogP contribution in [0.25, 0.3) is 0 Å². The van der Waals surface area contributed by atoms with E-state index in [1.165, 1.54) is 11.0 Å². The number of hydrogen-bond donors (Lipinski definition) is 1. The summed E-state index contributed by atoms with van der Waals surface area (Å²) < 4.78 is 64.2. The SMILES string of the molecule is Cc1cc(OC2CCN(C(=O)CCNS(=O)(=O)c3c(F)cccc3F)C2)cc(=O)o1. The van der Waals surface area contributed by atoms with Gasteiger partial charge in [0.25, 0.3) is 0 Å². The van der Waals surface area contributed by atoms with E-state index < -0.39 is 32.2 Å². The summed E-state index contributed by atoms with van der Waals surface area (Å²) in [6.07, 6.45) is 0.0344. The minimum atomic E-state index is -4.43. The minimum Gasteiger partial charge on any atom is -0.488 e. The smallest absolute Gasteiger partial charge is 0.339 e. The number of rotatable bonds is 7. The van der Waals surface area contributed by atoms with Crippen LogP contribution in [0.5, 0.6) is 5.75 Å². The summed E-state index contributed by atoms with van der Waals surface area (Å²) in [6, 6.07) is 5.52. The normalized spacial score (nSPS) is 16.6. The fourth-order valence-corrected chi connectivity index (χ4v) is 4.31. The first-order valence-electron chi connectivity index (χ1n) is 9.15. The van der Waals surface area contributed by atoms with Gasteiger partial charge >= 0.3 is 5.63 Å². The molecule has 3 rings (SSSR count). The van der Waals surface area contributed by atoms with E-state index in [0.29, 0.717) is 24.5 Å². The second kappa shape index (κ2) is 8.92. The van der Waals surface area contributed by atoms with Crippen molar-refractivity contribution in [1.82, 2.24) is 9.62 Å². The summed E-state index contributed by atoms with van der Waals surface area (Å²) in [5.74, 6) is -2.00. The Bertz CT molecular complexity index is 1080. The van der Waals surface area contributed by atoms with Crippen LogP contribution in [0.4, 0.5) is 8.78 Å². The number of amides is 1. The summed E-state index contributed by atoms with van der Waals surface area (Å²) in [5.41, 5.74) is -0.533. The monoisotopic (exact) mass is 442 g/mol. The number of nitrogens with zero attached hydrogens (tertiary/aromatic N) is 1. The van der Waals surface area contributed by atoms with Gasteiger partial charge < -0.3 is 14.1 Å².